The Balaban J connectivity index is 3.96. The van der Waals surface area contributed by atoms with Crippen molar-refractivity contribution in [2.24, 2.45) is 23.7 Å². The molecular formula is C16H32O. The van der Waals surface area contributed by atoms with Crippen molar-refractivity contribution in [3.63, 3.8) is 0 Å². The van der Waals surface area contributed by atoms with Crippen molar-refractivity contribution >= 4 is 0 Å². The van der Waals surface area contributed by atoms with Crippen molar-refractivity contribution in [3.05, 3.63) is 11.6 Å². The van der Waals surface area contributed by atoms with E-state index < -0.39 is 0 Å². The SMILES string of the molecule is CC(=CC(C)CC(C)CC(C)CC(C)C)CO. The molecule has 0 amide bonds. The van der Waals surface area contributed by atoms with Gasteiger partial charge in [-0.15, -0.1) is 0 Å². The van der Waals surface area contributed by atoms with Gasteiger partial charge in [-0.25, -0.2) is 0 Å². The highest BCUT2D eigenvalue weighted by molar-refractivity contribution is 5.00. The van der Waals surface area contributed by atoms with Crippen LogP contribution in [0, 0.1) is 23.7 Å². The van der Waals surface area contributed by atoms with E-state index in [1.807, 2.05) is 6.92 Å². The standard InChI is InChI=1S/C16H32O/c1-12(2)7-13(3)8-14(4)9-15(5)10-16(6)11-17/h10,12-15,17H,7-9,11H2,1-6H3. The molecular weight excluding hydrogens is 208 g/mol. The first-order valence-electron chi connectivity index (χ1n) is 7.13. The normalized spacial score (nSPS) is 18.2. The van der Waals surface area contributed by atoms with Crippen molar-refractivity contribution < 1.29 is 5.11 Å². The molecule has 17 heavy (non-hydrogen) atoms. The maximum Gasteiger partial charge on any atom is 0.0639 e. The summed E-state index contributed by atoms with van der Waals surface area (Å²) in [7, 11) is 0. The third kappa shape index (κ3) is 9.41. The summed E-state index contributed by atoms with van der Waals surface area (Å²) < 4.78 is 0. The minimum atomic E-state index is 0.197. The van der Waals surface area contributed by atoms with Crippen LogP contribution < -0.4 is 0 Å². The molecule has 0 saturated heterocycles. The van der Waals surface area contributed by atoms with Gasteiger partial charge in [0, 0.05) is 0 Å². The molecule has 0 aliphatic carbocycles. The van der Waals surface area contributed by atoms with Gasteiger partial charge in [0.25, 0.3) is 0 Å². The molecule has 102 valence electrons. The van der Waals surface area contributed by atoms with Crippen molar-refractivity contribution in [1.82, 2.24) is 0 Å². The Bertz CT molecular complexity index is 218. The highest BCUT2D eigenvalue weighted by Crippen LogP contribution is 2.24. The van der Waals surface area contributed by atoms with Crippen molar-refractivity contribution in [1.29, 1.82) is 0 Å². The Kier molecular flexibility index (Phi) is 8.59. The fraction of sp³-hybridized carbons (Fsp3) is 0.875. The van der Waals surface area contributed by atoms with Gasteiger partial charge in [0.15, 0.2) is 0 Å². The summed E-state index contributed by atoms with van der Waals surface area (Å²) in [5.41, 5.74) is 1.10. The number of rotatable bonds is 8. The molecule has 3 unspecified atom stereocenters. The smallest absolute Gasteiger partial charge is 0.0639 e. The van der Waals surface area contributed by atoms with Crippen LogP contribution in [-0.2, 0) is 0 Å². The molecule has 0 spiro atoms. The fourth-order valence-electron chi connectivity index (χ4n) is 2.93. The van der Waals surface area contributed by atoms with Crippen LogP contribution in [0.5, 0.6) is 0 Å². The first-order valence-corrected chi connectivity index (χ1v) is 7.13. The van der Waals surface area contributed by atoms with E-state index in [4.69, 9.17) is 5.11 Å². The summed E-state index contributed by atoms with van der Waals surface area (Å²) in [6, 6.07) is 0. The molecule has 0 aliphatic heterocycles. The van der Waals surface area contributed by atoms with E-state index in [0.29, 0.717) is 5.92 Å². The largest absolute Gasteiger partial charge is 0.392 e. The molecule has 1 N–H and O–H groups in total. The zero-order valence-corrected chi connectivity index (χ0v) is 12.7. The molecule has 0 bridgehead atoms. The van der Waals surface area contributed by atoms with Crippen molar-refractivity contribution in [2.75, 3.05) is 6.61 Å². The number of hydrogen-bond donors (Lipinski definition) is 1. The molecule has 0 aromatic rings. The second kappa shape index (κ2) is 8.74. The van der Waals surface area contributed by atoms with E-state index >= 15 is 0 Å². The van der Waals surface area contributed by atoms with Crippen LogP contribution in [0.4, 0.5) is 0 Å². The Morgan fingerprint density at radius 1 is 0.941 bits per heavy atom. The average Bonchev–Trinajstić information content (AvgIpc) is 2.14. The predicted molar refractivity (Wildman–Crippen MR) is 77.0 cm³/mol. The third-order valence-electron chi connectivity index (χ3n) is 3.27. The average molecular weight is 240 g/mol. The molecule has 0 fully saturated rings. The van der Waals surface area contributed by atoms with E-state index in [0.717, 1.165) is 23.3 Å². The zero-order valence-electron chi connectivity index (χ0n) is 12.7. The lowest BCUT2D eigenvalue weighted by atomic mass is 9.85. The molecule has 0 heterocycles. The molecule has 1 heteroatoms. The molecule has 0 aromatic carbocycles. The first kappa shape index (κ1) is 16.7. The molecule has 0 radical (unpaired) electrons. The molecule has 3 atom stereocenters. The number of allylic oxidation sites excluding steroid dienone is 1. The lowest BCUT2D eigenvalue weighted by Gasteiger charge is -2.20. The lowest BCUT2D eigenvalue weighted by Crippen LogP contribution is -2.09. The maximum atomic E-state index is 8.99. The predicted octanol–water partition coefficient (Wildman–Crippen LogP) is 4.66. The minimum Gasteiger partial charge on any atom is -0.392 e. The second-order valence-electron chi connectivity index (χ2n) is 6.46. The van der Waals surface area contributed by atoms with Crippen molar-refractivity contribution in [3.8, 4) is 0 Å². The molecule has 0 saturated carbocycles. The third-order valence-corrected chi connectivity index (χ3v) is 3.27. The Labute approximate surface area is 108 Å². The number of aliphatic hydroxyl groups excluding tert-OH is 1. The monoisotopic (exact) mass is 240 g/mol. The summed E-state index contributed by atoms with van der Waals surface area (Å²) in [6.07, 6.45) is 6.11. The zero-order chi connectivity index (χ0) is 13.4. The van der Waals surface area contributed by atoms with Crippen molar-refractivity contribution in [2.45, 2.75) is 60.8 Å². The van der Waals surface area contributed by atoms with Gasteiger partial charge in [-0.2, -0.15) is 0 Å². The minimum absolute atomic E-state index is 0.197. The summed E-state index contributed by atoms with van der Waals surface area (Å²) in [5, 5.41) is 8.99. The van der Waals surface area contributed by atoms with Crippen LogP contribution >= 0.6 is 0 Å². The van der Waals surface area contributed by atoms with Gasteiger partial charge >= 0.3 is 0 Å². The highest BCUT2D eigenvalue weighted by Gasteiger charge is 2.12. The highest BCUT2D eigenvalue weighted by atomic mass is 16.3. The Morgan fingerprint density at radius 2 is 1.47 bits per heavy atom. The van der Waals surface area contributed by atoms with E-state index in [-0.39, 0.29) is 6.61 Å². The maximum absolute atomic E-state index is 8.99. The molecule has 0 rings (SSSR count). The summed E-state index contributed by atoms with van der Waals surface area (Å²) in [5.74, 6) is 3.01. The Morgan fingerprint density at radius 3 is 1.94 bits per heavy atom. The lowest BCUT2D eigenvalue weighted by molar-refractivity contribution is 0.320. The van der Waals surface area contributed by atoms with Crippen LogP contribution in [0.1, 0.15) is 60.8 Å². The van der Waals surface area contributed by atoms with Crippen LogP contribution in [0.15, 0.2) is 11.6 Å². The van der Waals surface area contributed by atoms with Gasteiger partial charge in [-0.3, -0.25) is 0 Å². The van der Waals surface area contributed by atoms with Gasteiger partial charge in [0.05, 0.1) is 6.61 Å². The molecule has 0 aromatic heterocycles. The summed E-state index contributed by atoms with van der Waals surface area (Å²) >= 11 is 0. The van der Waals surface area contributed by atoms with Crippen LogP contribution in [-0.4, -0.2) is 11.7 Å². The number of hydrogen-bond acceptors (Lipinski definition) is 1. The van der Waals surface area contributed by atoms with Gasteiger partial charge in [-0.05, 0) is 49.9 Å². The Hall–Kier alpha value is -0.300. The first-order chi connectivity index (χ1) is 7.85. The van der Waals surface area contributed by atoms with Crippen LogP contribution in [0.25, 0.3) is 0 Å². The van der Waals surface area contributed by atoms with E-state index in [1.165, 1.54) is 19.3 Å². The van der Waals surface area contributed by atoms with Crippen LogP contribution in [0.3, 0.4) is 0 Å². The molecule has 0 aliphatic rings. The van der Waals surface area contributed by atoms with Gasteiger partial charge in [-0.1, -0.05) is 46.3 Å². The summed E-state index contributed by atoms with van der Waals surface area (Å²) in [6.45, 7) is 13.8. The quantitative estimate of drug-likeness (QED) is 0.612. The van der Waals surface area contributed by atoms with Crippen LogP contribution in [0.2, 0.25) is 0 Å². The van der Waals surface area contributed by atoms with E-state index in [2.05, 4.69) is 40.7 Å². The topological polar surface area (TPSA) is 20.2 Å². The van der Waals surface area contributed by atoms with E-state index in [1.54, 1.807) is 0 Å². The van der Waals surface area contributed by atoms with Gasteiger partial charge < -0.3 is 5.11 Å². The van der Waals surface area contributed by atoms with Gasteiger partial charge in [0.1, 0.15) is 0 Å². The number of aliphatic hydroxyl groups is 1. The van der Waals surface area contributed by atoms with E-state index in [9.17, 15) is 0 Å². The summed E-state index contributed by atoms with van der Waals surface area (Å²) in [4.78, 5) is 0. The van der Waals surface area contributed by atoms with Gasteiger partial charge in [0.2, 0.25) is 0 Å². The second-order valence-corrected chi connectivity index (χ2v) is 6.46. The fourth-order valence-corrected chi connectivity index (χ4v) is 2.93. The molecule has 1 nitrogen and oxygen atoms in total.